The lowest BCUT2D eigenvalue weighted by Gasteiger charge is -2.43. The lowest BCUT2D eigenvalue weighted by atomic mass is 9.98. The van der Waals surface area contributed by atoms with E-state index in [4.69, 9.17) is 9.16 Å². The Labute approximate surface area is 177 Å². The van der Waals surface area contributed by atoms with E-state index in [1.165, 1.54) is 15.9 Å². The molecule has 29 heavy (non-hydrogen) atoms. The summed E-state index contributed by atoms with van der Waals surface area (Å²) in [7, 11) is -2.47. The van der Waals surface area contributed by atoms with Crippen molar-refractivity contribution in [2.75, 3.05) is 6.61 Å². The number of hydrogen-bond acceptors (Lipinski definition) is 2. The topological polar surface area (TPSA) is 18.5 Å². The Hall–Kier alpha value is -1.94. The van der Waals surface area contributed by atoms with Crippen LogP contribution in [0.1, 0.15) is 40.0 Å². The molecule has 1 aliphatic rings. The van der Waals surface area contributed by atoms with Gasteiger partial charge in [0, 0.05) is 6.61 Å². The molecule has 0 amide bonds. The van der Waals surface area contributed by atoms with Crippen LogP contribution in [0.25, 0.3) is 0 Å². The zero-order valence-electron chi connectivity index (χ0n) is 18.1. The van der Waals surface area contributed by atoms with Gasteiger partial charge in [-0.05, 0) is 34.7 Å². The maximum absolute atomic E-state index is 6.98. The summed E-state index contributed by atoms with van der Waals surface area (Å²) >= 11 is 0. The first-order valence-corrected chi connectivity index (χ1v) is 12.5. The fraction of sp³-hybridized carbons (Fsp3) is 0.385. The molecule has 1 heterocycles. The Bertz CT molecular complexity index is 768. The van der Waals surface area contributed by atoms with Gasteiger partial charge < -0.3 is 9.16 Å². The molecule has 2 aromatic rings. The van der Waals surface area contributed by atoms with Crippen LogP contribution in [0.15, 0.2) is 85.5 Å². The van der Waals surface area contributed by atoms with Crippen molar-refractivity contribution < 1.29 is 9.16 Å². The minimum absolute atomic E-state index is 0.00359. The number of ether oxygens (including phenoxy) is 1. The molecule has 0 radical (unpaired) electrons. The molecule has 3 rings (SSSR count). The Morgan fingerprint density at radius 1 is 1.00 bits per heavy atom. The molecule has 3 heteroatoms. The van der Waals surface area contributed by atoms with Crippen molar-refractivity contribution in [1.82, 2.24) is 0 Å². The summed E-state index contributed by atoms with van der Waals surface area (Å²) in [5.74, 6) is 0. The van der Waals surface area contributed by atoms with Crippen LogP contribution in [0.2, 0.25) is 5.04 Å². The van der Waals surface area contributed by atoms with Crippen molar-refractivity contribution in [3.63, 3.8) is 0 Å². The van der Waals surface area contributed by atoms with Crippen molar-refractivity contribution in [3.05, 3.63) is 85.5 Å². The second-order valence-corrected chi connectivity index (χ2v) is 13.3. The molecular weight excluding hydrogens is 372 g/mol. The fourth-order valence-corrected chi connectivity index (χ4v) is 9.03. The van der Waals surface area contributed by atoms with Crippen molar-refractivity contribution in [2.45, 2.75) is 57.3 Å². The minimum atomic E-state index is -2.47. The van der Waals surface area contributed by atoms with E-state index in [9.17, 15) is 0 Å². The van der Waals surface area contributed by atoms with Gasteiger partial charge in [-0.25, -0.2) is 0 Å². The Morgan fingerprint density at radius 2 is 1.55 bits per heavy atom. The first-order valence-electron chi connectivity index (χ1n) is 10.6. The van der Waals surface area contributed by atoms with Gasteiger partial charge in [0.1, 0.15) is 0 Å². The molecule has 1 fully saturated rings. The Kier molecular flexibility index (Phi) is 6.94. The van der Waals surface area contributed by atoms with Crippen LogP contribution in [0, 0.1) is 0 Å². The molecule has 0 spiro atoms. The first kappa shape index (κ1) is 21.8. The Morgan fingerprint density at radius 3 is 2.03 bits per heavy atom. The van der Waals surface area contributed by atoms with Crippen LogP contribution in [0.4, 0.5) is 0 Å². The van der Waals surface area contributed by atoms with Gasteiger partial charge in [-0.1, -0.05) is 99.7 Å². The second-order valence-electron chi connectivity index (χ2n) is 8.99. The van der Waals surface area contributed by atoms with Gasteiger partial charge in [0.25, 0.3) is 8.32 Å². The maximum Gasteiger partial charge on any atom is 0.261 e. The molecule has 2 atom stereocenters. The molecule has 0 bridgehead atoms. The zero-order chi connectivity index (χ0) is 20.9. The predicted octanol–water partition coefficient (Wildman–Crippen LogP) is 5.24. The van der Waals surface area contributed by atoms with Crippen LogP contribution in [0.3, 0.4) is 0 Å². The highest BCUT2D eigenvalue weighted by Crippen LogP contribution is 2.37. The van der Waals surface area contributed by atoms with Gasteiger partial charge in [0.2, 0.25) is 0 Å². The number of benzene rings is 2. The summed E-state index contributed by atoms with van der Waals surface area (Å²) in [6.45, 7) is 15.7. The second kappa shape index (κ2) is 9.25. The van der Waals surface area contributed by atoms with Crippen LogP contribution in [-0.2, 0) is 9.16 Å². The Balaban J connectivity index is 1.88. The van der Waals surface area contributed by atoms with Gasteiger partial charge in [0.05, 0.1) is 12.2 Å². The third kappa shape index (κ3) is 4.80. The monoisotopic (exact) mass is 406 g/mol. The lowest BCUT2D eigenvalue weighted by molar-refractivity contribution is -0.0162. The van der Waals surface area contributed by atoms with Crippen molar-refractivity contribution >= 4 is 18.7 Å². The third-order valence-electron chi connectivity index (χ3n) is 5.81. The molecule has 2 aromatic carbocycles. The van der Waals surface area contributed by atoms with Crippen molar-refractivity contribution in [2.24, 2.45) is 0 Å². The molecule has 154 valence electrons. The predicted molar refractivity (Wildman–Crippen MR) is 125 cm³/mol. The van der Waals surface area contributed by atoms with Gasteiger partial charge >= 0.3 is 0 Å². The summed E-state index contributed by atoms with van der Waals surface area (Å²) in [5.41, 5.74) is 1.25. The van der Waals surface area contributed by atoms with Crippen LogP contribution < -0.4 is 10.4 Å². The molecule has 0 aromatic heterocycles. The fourth-order valence-electron chi connectivity index (χ4n) is 4.45. The normalized spacial score (nSPS) is 20.4. The van der Waals surface area contributed by atoms with Gasteiger partial charge in [-0.2, -0.15) is 0 Å². The number of rotatable bonds is 7. The highest BCUT2D eigenvalue weighted by atomic mass is 28.4. The minimum Gasteiger partial charge on any atom is -0.407 e. The number of hydrogen-bond donors (Lipinski definition) is 0. The quantitative estimate of drug-likeness (QED) is 0.462. The average Bonchev–Trinajstić information content (AvgIpc) is 2.71. The highest BCUT2D eigenvalue weighted by Gasteiger charge is 2.50. The molecule has 0 unspecified atom stereocenters. The average molecular weight is 407 g/mol. The molecule has 1 aliphatic heterocycles. The maximum atomic E-state index is 6.98. The van der Waals surface area contributed by atoms with Crippen LogP contribution in [0.5, 0.6) is 0 Å². The summed E-state index contributed by atoms with van der Waals surface area (Å²) in [6.07, 6.45) is 4.78. The van der Waals surface area contributed by atoms with Crippen molar-refractivity contribution in [1.29, 1.82) is 0 Å². The molecule has 0 aliphatic carbocycles. The van der Waals surface area contributed by atoms with E-state index in [-0.39, 0.29) is 17.2 Å². The summed E-state index contributed by atoms with van der Waals surface area (Å²) < 4.78 is 13.2. The molecule has 0 saturated carbocycles. The van der Waals surface area contributed by atoms with E-state index < -0.39 is 8.32 Å². The zero-order valence-corrected chi connectivity index (χ0v) is 19.1. The van der Waals surface area contributed by atoms with E-state index in [2.05, 4.69) is 94.6 Å². The van der Waals surface area contributed by atoms with E-state index in [1.54, 1.807) is 0 Å². The first-order chi connectivity index (χ1) is 13.9. The largest absolute Gasteiger partial charge is 0.407 e. The van der Waals surface area contributed by atoms with Crippen LogP contribution >= 0.6 is 0 Å². The van der Waals surface area contributed by atoms with Gasteiger partial charge in [-0.3, -0.25) is 0 Å². The lowest BCUT2D eigenvalue weighted by Crippen LogP contribution is -2.66. The smallest absolute Gasteiger partial charge is 0.261 e. The highest BCUT2D eigenvalue weighted by molar-refractivity contribution is 6.99. The SMILES string of the molecule is C=C[C@@H]1CC(=C)C[C@H](CCO[Si](c2ccccc2)(c2ccccc2)C(C)(C)C)O1. The third-order valence-corrected chi connectivity index (χ3v) is 10.9. The molecular formula is C26H34O2Si. The standard InChI is InChI=1S/C26H34O2Si/c1-6-22-19-21(2)20-23(28-22)17-18-27-29(26(3,4)5,24-13-9-7-10-14-24)25-15-11-8-12-16-25/h6-16,22-23H,1-2,17-20H2,3-5H3/t22-,23+/m1/s1. The molecule has 1 saturated heterocycles. The van der Waals surface area contributed by atoms with Gasteiger partial charge in [0.15, 0.2) is 0 Å². The van der Waals surface area contributed by atoms with E-state index >= 15 is 0 Å². The molecule has 2 nitrogen and oxygen atoms in total. The van der Waals surface area contributed by atoms with E-state index in [1.807, 2.05) is 6.08 Å². The van der Waals surface area contributed by atoms with E-state index in [0.717, 1.165) is 19.3 Å². The van der Waals surface area contributed by atoms with Crippen molar-refractivity contribution in [3.8, 4) is 0 Å². The summed E-state index contributed by atoms with van der Waals surface area (Å²) in [5, 5.41) is 2.63. The molecule has 0 N–H and O–H groups in total. The van der Waals surface area contributed by atoms with Gasteiger partial charge in [-0.15, -0.1) is 6.58 Å². The van der Waals surface area contributed by atoms with Crippen LogP contribution in [-0.4, -0.2) is 27.1 Å². The summed E-state index contributed by atoms with van der Waals surface area (Å²) in [6, 6.07) is 21.6. The summed E-state index contributed by atoms with van der Waals surface area (Å²) in [4.78, 5) is 0. The van der Waals surface area contributed by atoms with E-state index in [0.29, 0.717) is 6.61 Å².